The zero-order chi connectivity index (χ0) is 15.2. The summed E-state index contributed by atoms with van der Waals surface area (Å²) in [5.41, 5.74) is 7.29. The number of anilines is 1. The van der Waals surface area contributed by atoms with E-state index >= 15 is 0 Å². The van der Waals surface area contributed by atoms with Gasteiger partial charge in [-0.05, 0) is 16.7 Å². The van der Waals surface area contributed by atoms with Crippen LogP contribution in [0.5, 0.6) is 0 Å². The van der Waals surface area contributed by atoms with E-state index in [9.17, 15) is 0 Å². The molecule has 0 atom stereocenters. The number of aromatic nitrogens is 2. The van der Waals surface area contributed by atoms with Crippen LogP contribution in [0.3, 0.4) is 0 Å². The molecule has 0 unspecified atom stereocenters. The second kappa shape index (κ2) is 7.34. The van der Waals surface area contributed by atoms with E-state index in [2.05, 4.69) is 5.10 Å². The Labute approximate surface area is 122 Å². The minimum Gasteiger partial charge on any atom is -0.397 e. The Hall–Kier alpha value is -1.48. The largest absolute Gasteiger partial charge is 0.397 e. The fourth-order valence-electron chi connectivity index (χ4n) is 1.31. The molecule has 0 saturated heterocycles. The zero-order valence-electron chi connectivity index (χ0n) is 10.1. The van der Waals surface area contributed by atoms with E-state index in [4.69, 9.17) is 36.0 Å². The Morgan fingerprint density at radius 2 is 1.70 bits per heavy atom. The molecule has 2 N–H and O–H groups in total. The van der Waals surface area contributed by atoms with E-state index in [1.165, 1.54) is 0 Å². The maximum atomic E-state index is 8.49. The third-order valence-electron chi connectivity index (χ3n) is 2.05. The van der Waals surface area contributed by atoms with Crippen LogP contribution in [-0.2, 0) is 6.54 Å². The van der Waals surface area contributed by atoms with E-state index in [1.54, 1.807) is 16.9 Å². The Balaban J connectivity index is 0.000000347. The van der Waals surface area contributed by atoms with Gasteiger partial charge in [0.15, 0.2) is 0 Å². The van der Waals surface area contributed by atoms with Crippen molar-refractivity contribution >= 4 is 17.3 Å². The lowest BCUT2D eigenvalue weighted by atomic mass is 10.2. The third-order valence-corrected chi connectivity index (χ3v) is 2.36. The lowest BCUT2D eigenvalue weighted by Crippen LogP contribution is -2.68. The number of benzene rings is 1. The Morgan fingerprint density at radius 1 is 1.15 bits per heavy atom. The molecule has 0 radical (unpaired) electrons. The Morgan fingerprint density at radius 3 is 2.20 bits per heavy atom. The molecule has 0 saturated carbocycles. The second-order valence-corrected chi connectivity index (χ2v) is 4.78. The van der Waals surface area contributed by atoms with Gasteiger partial charge in [0.05, 0.1) is 5.69 Å². The predicted molar refractivity (Wildman–Crippen MR) is 59.4 cm³/mol. The van der Waals surface area contributed by atoms with Crippen LogP contribution < -0.4 is 29.1 Å². The van der Waals surface area contributed by atoms with Crippen molar-refractivity contribution in [1.29, 1.82) is 0 Å². The van der Waals surface area contributed by atoms with Gasteiger partial charge < -0.3 is 5.73 Å². The molecule has 0 spiro atoms. The van der Waals surface area contributed by atoms with Gasteiger partial charge >= 0.3 is 5.15 Å². The summed E-state index contributed by atoms with van der Waals surface area (Å²) in [6, 6.07) is 11.7. The van der Waals surface area contributed by atoms with Crippen molar-refractivity contribution in [2.75, 3.05) is 5.73 Å². The minimum atomic E-state index is -4.94. The average molecular weight is 320 g/mol. The molecule has 0 fully saturated rings. The first-order valence-corrected chi connectivity index (χ1v) is 6.84. The summed E-state index contributed by atoms with van der Waals surface area (Å²) in [4.78, 5) is 0. The SMILES string of the molecule is Nc1cn[n+](Cc2ccccc2)c(Cl)c1.[O-][Cl+3]([O-])([O-])[O-]. The molecule has 20 heavy (non-hydrogen) atoms. The van der Waals surface area contributed by atoms with Gasteiger partial charge in [-0.3, -0.25) is 0 Å². The van der Waals surface area contributed by atoms with Crippen LogP contribution in [0.1, 0.15) is 5.56 Å². The smallest absolute Gasteiger partial charge is 0.302 e. The number of rotatable bonds is 2. The van der Waals surface area contributed by atoms with Crippen molar-refractivity contribution in [2.45, 2.75) is 6.54 Å². The summed E-state index contributed by atoms with van der Waals surface area (Å²) in [5, 5.41) is 4.67. The van der Waals surface area contributed by atoms with Gasteiger partial charge in [-0.1, -0.05) is 35.0 Å². The molecular weight excluding hydrogens is 309 g/mol. The van der Waals surface area contributed by atoms with Crippen molar-refractivity contribution in [3.63, 3.8) is 0 Å². The topological polar surface area (TPSA) is 135 Å². The molecule has 0 aliphatic heterocycles. The second-order valence-electron chi connectivity index (χ2n) is 3.63. The van der Waals surface area contributed by atoms with Crippen molar-refractivity contribution in [3.8, 4) is 0 Å². The van der Waals surface area contributed by atoms with E-state index < -0.39 is 10.2 Å². The maximum absolute atomic E-state index is 8.49. The number of nitrogen functional groups attached to an aromatic ring is 1. The van der Waals surface area contributed by atoms with Crippen LogP contribution in [0.15, 0.2) is 42.6 Å². The van der Waals surface area contributed by atoms with Gasteiger partial charge in [0, 0.05) is 11.6 Å². The van der Waals surface area contributed by atoms with Gasteiger partial charge in [0.25, 0.3) is 0 Å². The van der Waals surface area contributed by atoms with Gasteiger partial charge in [0.1, 0.15) is 6.20 Å². The fourth-order valence-corrected chi connectivity index (χ4v) is 1.54. The lowest BCUT2D eigenvalue weighted by Gasteiger charge is -2.17. The van der Waals surface area contributed by atoms with Crippen LogP contribution in [0.4, 0.5) is 5.69 Å². The monoisotopic (exact) mass is 319 g/mol. The Kier molecular flexibility index (Phi) is 6.08. The van der Waals surface area contributed by atoms with Crippen molar-refractivity contribution < 1.29 is 33.6 Å². The summed E-state index contributed by atoms with van der Waals surface area (Å²) in [6.07, 6.45) is 1.59. The van der Waals surface area contributed by atoms with Gasteiger partial charge in [-0.2, -0.15) is 0 Å². The van der Waals surface area contributed by atoms with Gasteiger partial charge in [0.2, 0.25) is 6.54 Å². The molecule has 7 nitrogen and oxygen atoms in total. The fraction of sp³-hybridized carbons (Fsp3) is 0.0909. The number of nitrogens with two attached hydrogens (primary N) is 1. The van der Waals surface area contributed by atoms with E-state index in [0.29, 0.717) is 17.4 Å². The molecule has 1 aromatic carbocycles. The lowest BCUT2D eigenvalue weighted by molar-refractivity contribution is -2.00. The maximum Gasteiger partial charge on any atom is 0.302 e. The normalized spacial score (nSPS) is 10.7. The quantitative estimate of drug-likeness (QED) is 0.582. The number of nitrogens with zero attached hydrogens (tertiary/aromatic N) is 2. The average Bonchev–Trinajstić information content (AvgIpc) is 2.32. The highest BCUT2D eigenvalue weighted by molar-refractivity contribution is 6.28. The van der Waals surface area contributed by atoms with E-state index in [0.717, 1.165) is 5.56 Å². The molecule has 1 heterocycles. The molecule has 9 heteroatoms. The highest BCUT2D eigenvalue weighted by atomic mass is 35.7. The standard InChI is InChI=1S/C11H10ClN3.ClHO4/c12-11-6-10(13)7-14-15(11)8-9-4-2-1-3-5-9;2-1(3,4)5/h1-7,13H,8H2;(H,2,3,4,5). The third kappa shape index (κ3) is 7.19. The van der Waals surface area contributed by atoms with E-state index in [1.807, 2.05) is 30.3 Å². The van der Waals surface area contributed by atoms with Crippen LogP contribution in [0, 0.1) is 10.2 Å². The van der Waals surface area contributed by atoms with E-state index in [-0.39, 0.29) is 0 Å². The summed E-state index contributed by atoms with van der Waals surface area (Å²) in [7, 11) is -4.94. The summed E-state index contributed by atoms with van der Waals surface area (Å²) >= 11 is 6.00. The number of hydrogen-bond acceptors (Lipinski definition) is 6. The Bertz CT molecular complexity index is 543. The van der Waals surface area contributed by atoms with Crippen molar-refractivity contribution in [2.24, 2.45) is 0 Å². The molecular formula is C11H11Cl2N3O4. The van der Waals surface area contributed by atoms with Crippen molar-refractivity contribution in [3.05, 3.63) is 53.3 Å². The molecule has 2 aromatic rings. The first-order valence-electron chi connectivity index (χ1n) is 5.22. The summed E-state index contributed by atoms with van der Waals surface area (Å²) in [5.74, 6) is 0. The van der Waals surface area contributed by atoms with Crippen LogP contribution >= 0.6 is 11.6 Å². The minimum absolute atomic E-state index is 0.541. The van der Waals surface area contributed by atoms with Crippen LogP contribution in [0.25, 0.3) is 0 Å². The first-order chi connectivity index (χ1) is 9.25. The molecule has 108 valence electrons. The number of halogens is 2. The van der Waals surface area contributed by atoms with Crippen LogP contribution in [0.2, 0.25) is 5.15 Å². The highest BCUT2D eigenvalue weighted by Gasteiger charge is 2.10. The first kappa shape index (κ1) is 16.6. The summed E-state index contributed by atoms with van der Waals surface area (Å²) in [6.45, 7) is 0.653. The molecule has 0 aliphatic carbocycles. The molecule has 2 rings (SSSR count). The van der Waals surface area contributed by atoms with Gasteiger partial charge in [-0.25, -0.2) is 18.6 Å². The van der Waals surface area contributed by atoms with Gasteiger partial charge in [-0.15, -0.1) is 10.2 Å². The molecule has 0 aliphatic rings. The molecule has 0 amide bonds. The zero-order valence-corrected chi connectivity index (χ0v) is 11.6. The molecule has 0 bridgehead atoms. The van der Waals surface area contributed by atoms with Crippen LogP contribution in [-0.4, -0.2) is 5.10 Å². The molecule has 1 aromatic heterocycles. The predicted octanol–water partition coefficient (Wildman–Crippen LogP) is -3.10. The summed E-state index contributed by atoms with van der Waals surface area (Å²) < 4.78 is 35.7. The van der Waals surface area contributed by atoms with Crippen molar-refractivity contribution in [1.82, 2.24) is 5.10 Å². The highest BCUT2D eigenvalue weighted by Crippen LogP contribution is 2.06. The number of hydrogen-bond donors (Lipinski definition) is 1.